The summed E-state index contributed by atoms with van der Waals surface area (Å²) < 4.78 is 35.2. The zero-order valence-corrected chi connectivity index (χ0v) is 9.47. The molecule has 13 heavy (non-hydrogen) atoms. The van der Waals surface area contributed by atoms with Crippen molar-refractivity contribution in [2.45, 2.75) is 13.8 Å². The second-order valence-corrected chi connectivity index (χ2v) is 4.37. The summed E-state index contributed by atoms with van der Waals surface area (Å²) in [6, 6.07) is 0. The molecule has 0 amide bonds. The topological polar surface area (TPSA) is 89.9 Å². The van der Waals surface area contributed by atoms with Gasteiger partial charge in [-0.2, -0.15) is 13.9 Å². The standard InChI is InChI=1S/C5H14O3P.O3S/c1-4-7-9(3,6)8-5-2;1-4(2)3/h6H,4-5H2,1-3H3;/q+1;. The summed E-state index contributed by atoms with van der Waals surface area (Å²) in [6.07, 6.45) is 0. The van der Waals surface area contributed by atoms with Gasteiger partial charge in [-0.1, -0.05) is 0 Å². The molecule has 0 aromatic carbocycles. The van der Waals surface area contributed by atoms with Gasteiger partial charge in [-0.3, -0.25) is 0 Å². The van der Waals surface area contributed by atoms with E-state index in [1.54, 1.807) is 6.66 Å². The molecule has 0 aromatic rings. The molecule has 0 fully saturated rings. The highest BCUT2D eigenvalue weighted by Crippen LogP contribution is 2.52. The lowest BCUT2D eigenvalue weighted by Gasteiger charge is -2.09. The summed E-state index contributed by atoms with van der Waals surface area (Å²) in [7, 11) is -5.55. The van der Waals surface area contributed by atoms with Crippen molar-refractivity contribution in [1.29, 1.82) is 0 Å². The number of hydrogen-bond acceptors (Lipinski definition) is 6. The van der Waals surface area contributed by atoms with Crippen molar-refractivity contribution in [3.8, 4) is 0 Å². The van der Waals surface area contributed by atoms with Gasteiger partial charge in [0.1, 0.15) is 6.66 Å². The quantitative estimate of drug-likeness (QED) is 0.708. The van der Waals surface area contributed by atoms with Crippen LogP contribution < -0.4 is 0 Å². The Kier molecular flexibility index (Phi) is 10.1. The molecule has 0 spiro atoms. The first-order valence-electron chi connectivity index (χ1n) is 3.50. The average Bonchev–Trinajstić information content (AvgIpc) is 1.84. The molecule has 0 atom stereocenters. The minimum absolute atomic E-state index is 0.501. The van der Waals surface area contributed by atoms with E-state index in [2.05, 4.69) is 0 Å². The third kappa shape index (κ3) is 18.7. The predicted molar refractivity (Wildman–Crippen MR) is 48.0 cm³/mol. The molecule has 0 saturated heterocycles. The predicted octanol–water partition coefficient (Wildman–Crippen LogP) is 0.440. The Morgan fingerprint density at radius 3 is 1.54 bits per heavy atom. The van der Waals surface area contributed by atoms with Crippen molar-refractivity contribution in [3.63, 3.8) is 0 Å². The van der Waals surface area contributed by atoms with E-state index in [-0.39, 0.29) is 0 Å². The Morgan fingerprint density at radius 2 is 1.38 bits per heavy atom. The molecule has 0 radical (unpaired) electrons. The lowest BCUT2D eigenvalue weighted by atomic mass is 10.9. The highest BCUT2D eigenvalue weighted by atomic mass is 32.2. The molecule has 0 aliphatic rings. The maximum atomic E-state index is 9.18. The van der Waals surface area contributed by atoms with Gasteiger partial charge in [0.25, 0.3) is 0 Å². The van der Waals surface area contributed by atoms with Crippen LogP contribution in [0.1, 0.15) is 13.8 Å². The van der Waals surface area contributed by atoms with Crippen LogP contribution in [0.2, 0.25) is 0 Å². The molecule has 0 aromatic heterocycles. The minimum Gasteiger partial charge on any atom is -0.193 e. The molecule has 0 rings (SSSR count). The Labute approximate surface area is 79.5 Å². The first-order valence-corrected chi connectivity index (χ1v) is 6.53. The third-order valence-electron chi connectivity index (χ3n) is 0.737. The molecule has 6 nitrogen and oxygen atoms in total. The fraction of sp³-hybridized carbons (Fsp3) is 1.00. The molecule has 80 valence electrons. The highest BCUT2D eigenvalue weighted by Gasteiger charge is 2.31. The number of hydrogen-bond donors (Lipinski definition) is 1. The largest absolute Gasteiger partial charge is 0.425 e. The van der Waals surface area contributed by atoms with Crippen LogP contribution in [0, 0.1) is 0 Å². The summed E-state index contributed by atoms with van der Waals surface area (Å²) in [5.41, 5.74) is 0. The van der Waals surface area contributed by atoms with Crippen LogP contribution >= 0.6 is 7.94 Å². The first kappa shape index (κ1) is 15.4. The van der Waals surface area contributed by atoms with Crippen molar-refractivity contribution >= 4 is 18.6 Å². The minimum atomic E-state index is -3.11. The molecule has 0 aliphatic heterocycles. The van der Waals surface area contributed by atoms with Crippen LogP contribution in [-0.2, 0) is 19.7 Å². The van der Waals surface area contributed by atoms with Gasteiger partial charge in [0.2, 0.25) is 0 Å². The third-order valence-corrected chi connectivity index (χ3v) is 2.21. The fourth-order valence-corrected chi connectivity index (χ4v) is 1.55. The second kappa shape index (κ2) is 8.52. The Bertz CT molecular complexity index is 193. The summed E-state index contributed by atoms with van der Waals surface area (Å²) in [5.74, 6) is 0. The Balaban J connectivity index is 0. The van der Waals surface area contributed by atoms with Gasteiger partial charge in [-0.05, 0) is 13.8 Å². The molecular weight excluding hydrogens is 219 g/mol. The molecule has 0 unspecified atom stereocenters. The monoisotopic (exact) mass is 233 g/mol. The van der Waals surface area contributed by atoms with Crippen LogP contribution in [0.15, 0.2) is 0 Å². The molecule has 0 heterocycles. The summed E-state index contributed by atoms with van der Waals surface area (Å²) in [5, 5.41) is 0. The summed E-state index contributed by atoms with van der Waals surface area (Å²) >= 11 is 0. The van der Waals surface area contributed by atoms with Crippen LogP contribution in [0.4, 0.5) is 0 Å². The molecule has 8 heteroatoms. The van der Waals surface area contributed by atoms with Crippen LogP contribution in [-0.4, -0.2) is 37.4 Å². The Hall–Kier alpha value is -0.0700. The van der Waals surface area contributed by atoms with E-state index >= 15 is 0 Å². The molecule has 0 aliphatic carbocycles. The molecule has 1 N–H and O–H groups in total. The zero-order valence-electron chi connectivity index (χ0n) is 7.76. The highest BCUT2D eigenvalue weighted by molar-refractivity contribution is 7.59. The lowest BCUT2D eigenvalue weighted by molar-refractivity contribution is 0.195. The van der Waals surface area contributed by atoms with Gasteiger partial charge >= 0.3 is 18.6 Å². The summed E-state index contributed by atoms with van der Waals surface area (Å²) in [6.45, 7) is 6.24. The van der Waals surface area contributed by atoms with Gasteiger partial charge in [-0.25, -0.2) is 0 Å². The van der Waals surface area contributed by atoms with Gasteiger partial charge in [0, 0.05) is 0 Å². The maximum Gasteiger partial charge on any atom is 0.425 e. The SMILES string of the molecule is CCO[P+](C)(O)OCC.O=S(=O)=O. The van der Waals surface area contributed by atoms with Crippen LogP contribution in [0.25, 0.3) is 0 Å². The van der Waals surface area contributed by atoms with Crippen molar-refractivity contribution in [2.24, 2.45) is 0 Å². The van der Waals surface area contributed by atoms with Gasteiger partial charge in [-0.15, -0.1) is 12.6 Å². The number of rotatable bonds is 4. The molecule has 0 bridgehead atoms. The van der Waals surface area contributed by atoms with Crippen LogP contribution in [0.5, 0.6) is 0 Å². The fourth-order valence-electron chi connectivity index (χ4n) is 0.516. The van der Waals surface area contributed by atoms with E-state index in [1.165, 1.54) is 0 Å². The van der Waals surface area contributed by atoms with Gasteiger partial charge < -0.3 is 0 Å². The van der Waals surface area contributed by atoms with Crippen molar-refractivity contribution in [1.82, 2.24) is 0 Å². The van der Waals surface area contributed by atoms with E-state index in [1.807, 2.05) is 13.8 Å². The van der Waals surface area contributed by atoms with Crippen molar-refractivity contribution in [3.05, 3.63) is 0 Å². The average molecular weight is 233 g/mol. The summed E-state index contributed by atoms with van der Waals surface area (Å²) in [4.78, 5) is 9.18. The Morgan fingerprint density at radius 1 is 1.15 bits per heavy atom. The zero-order chi connectivity index (χ0) is 10.9. The van der Waals surface area contributed by atoms with E-state index in [0.29, 0.717) is 13.2 Å². The first-order chi connectivity index (χ1) is 5.85. The lowest BCUT2D eigenvalue weighted by Crippen LogP contribution is -1.99. The van der Waals surface area contributed by atoms with Crippen molar-refractivity contribution in [2.75, 3.05) is 19.9 Å². The van der Waals surface area contributed by atoms with E-state index < -0.39 is 18.6 Å². The van der Waals surface area contributed by atoms with Gasteiger partial charge in [0.15, 0.2) is 0 Å². The van der Waals surface area contributed by atoms with Gasteiger partial charge in [0.05, 0.1) is 13.2 Å². The second-order valence-electron chi connectivity index (χ2n) is 1.84. The van der Waals surface area contributed by atoms with Crippen molar-refractivity contribution < 1.29 is 26.6 Å². The van der Waals surface area contributed by atoms with E-state index in [0.717, 1.165) is 0 Å². The molecular formula is C5H14O6PS+. The smallest absolute Gasteiger partial charge is 0.193 e. The molecule has 0 saturated carbocycles. The van der Waals surface area contributed by atoms with E-state index in [4.69, 9.17) is 21.7 Å². The normalized spacial score (nSPS) is 10.2. The maximum absolute atomic E-state index is 9.18. The van der Waals surface area contributed by atoms with E-state index in [9.17, 15) is 4.89 Å². The van der Waals surface area contributed by atoms with Crippen LogP contribution in [0.3, 0.4) is 0 Å².